The highest BCUT2D eigenvalue weighted by Crippen LogP contribution is 2.12. The lowest BCUT2D eigenvalue weighted by molar-refractivity contribution is -0.158. The molecule has 0 aliphatic carbocycles. The average molecular weight is 276 g/mol. The van der Waals surface area contributed by atoms with E-state index >= 15 is 0 Å². The summed E-state index contributed by atoms with van der Waals surface area (Å²) in [7, 11) is 1.27. The first kappa shape index (κ1) is 14.0. The first-order valence-electron chi connectivity index (χ1n) is 6.34. The van der Waals surface area contributed by atoms with Crippen molar-refractivity contribution in [2.75, 3.05) is 20.2 Å². The number of carbonyl (C=O) groups excluding carboxylic acids is 3. The fraction of sp³-hybridized carbons (Fsp3) is 0.357. The Kier molecular flexibility index (Phi) is 4.34. The smallest absolute Gasteiger partial charge is 0.328 e. The molecule has 106 valence electrons. The topological polar surface area (TPSA) is 75.7 Å². The number of piperazine rings is 1. The third-order valence-corrected chi connectivity index (χ3v) is 3.21. The van der Waals surface area contributed by atoms with Gasteiger partial charge in [-0.15, -0.1) is 0 Å². The van der Waals surface area contributed by atoms with E-state index in [2.05, 4.69) is 5.32 Å². The third kappa shape index (κ3) is 2.96. The lowest BCUT2D eigenvalue weighted by atomic mass is 10.0. The Morgan fingerprint density at radius 1 is 1.35 bits per heavy atom. The summed E-state index contributed by atoms with van der Waals surface area (Å²) in [5, 5.41) is 2.46. The van der Waals surface area contributed by atoms with Gasteiger partial charge in [0.1, 0.15) is 6.04 Å². The molecule has 1 aromatic carbocycles. The Morgan fingerprint density at radius 2 is 2.05 bits per heavy atom. The lowest BCUT2D eigenvalue weighted by Gasteiger charge is -2.32. The van der Waals surface area contributed by atoms with Crippen LogP contribution in [0.3, 0.4) is 0 Å². The van der Waals surface area contributed by atoms with Crippen molar-refractivity contribution >= 4 is 17.8 Å². The maximum absolute atomic E-state index is 11.9. The summed E-state index contributed by atoms with van der Waals surface area (Å²) in [4.78, 5) is 36.5. The average Bonchev–Trinajstić information content (AvgIpc) is 2.48. The van der Waals surface area contributed by atoms with Crippen molar-refractivity contribution in [1.29, 1.82) is 0 Å². The molecular weight excluding hydrogens is 260 g/mol. The van der Waals surface area contributed by atoms with Gasteiger partial charge in [-0.1, -0.05) is 30.3 Å². The Bertz CT molecular complexity index is 515. The molecule has 0 saturated carbocycles. The van der Waals surface area contributed by atoms with Crippen molar-refractivity contribution in [3.05, 3.63) is 35.9 Å². The molecule has 6 nitrogen and oxygen atoms in total. The van der Waals surface area contributed by atoms with Gasteiger partial charge in [-0.3, -0.25) is 9.59 Å². The van der Waals surface area contributed by atoms with Crippen molar-refractivity contribution in [1.82, 2.24) is 10.2 Å². The molecule has 0 spiro atoms. The van der Waals surface area contributed by atoms with Gasteiger partial charge < -0.3 is 15.0 Å². The van der Waals surface area contributed by atoms with Crippen LogP contribution in [0.4, 0.5) is 0 Å². The summed E-state index contributed by atoms with van der Waals surface area (Å²) < 4.78 is 4.76. The van der Waals surface area contributed by atoms with Gasteiger partial charge in [0.2, 0.25) is 0 Å². The van der Waals surface area contributed by atoms with Gasteiger partial charge in [0.25, 0.3) is 0 Å². The number of benzene rings is 1. The van der Waals surface area contributed by atoms with Crippen molar-refractivity contribution in [3.63, 3.8) is 0 Å². The summed E-state index contributed by atoms with van der Waals surface area (Å²) in [6.45, 7) is 0.643. The minimum atomic E-state index is -0.777. The maximum Gasteiger partial charge on any atom is 0.328 e. The van der Waals surface area contributed by atoms with E-state index in [9.17, 15) is 14.4 Å². The Morgan fingerprint density at radius 3 is 2.70 bits per heavy atom. The number of hydrogen-bond acceptors (Lipinski definition) is 4. The van der Waals surface area contributed by atoms with E-state index in [1.807, 2.05) is 30.3 Å². The Hall–Kier alpha value is -2.37. The number of nitrogens with zero attached hydrogens (tertiary/aromatic N) is 1. The maximum atomic E-state index is 11.9. The zero-order chi connectivity index (χ0) is 14.5. The minimum absolute atomic E-state index is 0.303. The van der Waals surface area contributed by atoms with Crippen LogP contribution in [0.15, 0.2) is 30.3 Å². The summed E-state index contributed by atoms with van der Waals surface area (Å²) in [5.74, 6) is -1.89. The SMILES string of the molecule is COC(=O)C(Cc1ccccc1)N1CCNC(=O)C1=O. The molecule has 0 aromatic heterocycles. The van der Waals surface area contributed by atoms with Crippen molar-refractivity contribution < 1.29 is 19.1 Å². The summed E-state index contributed by atoms with van der Waals surface area (Å²) >= 11 is 0. The predicted octanol–water partition coefficient (Wildman–Crippen LogP) is -0.271. The van der Waals surface area contributed by atoms with Crippen LogP contribution in [0.5, 0.6) is 0 Å². The molecule has 1 aliphatic heterocycles. The zero-order valence-corrected chi connectivity index (χ0v) is 11.2. The molecule has 1 N–H and O–H groups in total. The molecule has 1 saturated heterocycles. The van der Waals surface area contributed by atoms with E-state index in [-0.39, 0.29) is 0 Å². The molecule has 1 aliphatic rings. The second kappa shape index (κ2) is 6.18. The fourth-order valence-corrected chi connectivity index (χ4v) is 2.19. The molecule has 1 heterocycles. The number of hydrogen-bond donors (Lipinski definition) is 1. The van der Waals surface area contributed by atoms with Crippen LogP contribution in [0, 0.1) is 0 Å². The monoisotopic (exact) mass is 276 g/mol. The van der Waals surface area contributed by atoms with Crippen LogP contribution in [0.25, 0.3) is 0 Å². The molecule has 20 heavy (non-hydrogen) atoms. The molecule has 1 unspecified atom stereocenters. The summed E-state index contributed by atoms with van der Waals surface area (Å²) in [6, 6.07) is 8.54. The van der Waals surface area contributed by atoms with Gasteiger partial charge in [0.05, 0.1) is 7.11 Å². The van der Waals surface area contributed by atoms with Crippen LogP contribution in [-0.4, -0.2) is 48.9 Å². The molecule has 0 radical (unpaired) electrons. The lowest BCUT2D eigenvalue weighted by Crippen LogP contribution is -2.58. The van der Waals surface area contributed by atoms with Gasteiger partial charge in [0.15, 0.2) is 0 Å². The van der Waals surface area contributed by atoms with Crippen molar-refractivity contribution in [2.45, 2.75) is 12.5 Å². The second-order valence-electron chi connectivity index (χ2n) is 4.48. The van der Waals surface area contributed by atoms with Gasteiger partial charge in [0, 0.05) is 19.5 Å². The van der Waals surface area contributed by atoms with Gasteiger partial charge in [-0.25, -0.2) is 4.79 Å². The number of carbonyl (C=O) groups is 3. The molecule has 1 atom stereocenters. The van der Waals surface area contributed by atoms with E-state index in [1.54, 1.807) is 0 Å². The van der Waals surface area contributed by atoms with E-state index in [0.717, 1.165) is 5.56 Å². The highest BCUT2D eigenvalue weighted by atomic mass is 16.5. The van der Waals surface area contributed by atoms with E-state index < -0.39 is 23.8 Å². The normalized spacial score (nSPS) is 16.6. The van der Waals surface area contributed by atoms with Crippen molar-refractivity contribution in [3.8, 4) is 0 Å². The van der Waals surface area contributed by atoms with Gasteiger partial charge >= 0.3 is 17.8 Å². The molecular formula is C14H16N2O4. The van der Waals surface area contributed by atoms with Crippen molar-refractivity contribution in [2.24, 2.45) is 0 Å². The number of esters is 1. The van der Waals surface area contributed by atoms with Crippen LogP contribution in [-0.2, 0) is 25.5 Å². The molecule has 6 heteroatoms. The number of rotatable bonds is 4. The quantitative estimate of drug-likeness (QED) is 0.606. The fourth-order valence-electron chi connectivity index (χ4n) is 2.19. The van der Waals surface area contributed by atoms with Crippen LogP contribution < -0.4 is 5.32 Å². The largest absolute Gasteiger partial charge is 0.467 e. The number of nitrogens with one attached hydrogen (secondary N) is 1. The first-order chi connectivity index (χ1) is 9.63. The number of amides is 2. The molecule has 2 amide bonds. The predicted molar refractivity (Wildman–Crippen MR) is 70.7 cm³/mol. The molecule has 0 bridgehead atoms. The first-order valence-corrected chi connectivity index (χ1v) is 6.34. The highest BCUT2D eigenvalue weighted by molar-refractivity contribution is 6.35. The standard InChI is InChI=1S/C14H16N2O4/c1-20-14(19)11(9-10-5-3-2-4-6-10)16-8-7-15-12(17)13(16)18/h2-6,11H,7-9H2,1H3,(H,15,17). The third-order valence-electron chi connectivity index (χ3n) is 3.21. The minimum Gasteiger partial charge on any atom is -0.467 e. The van der Waals surface area contributed by atoms with Crippen LogP contribution in [0.2, 0.25) is 0 Å². The molecule has 2 rings (SSSR count). The highest BCUT2D eigenvalue weighted by Gasteiger charge is 2.36. The molecule has 1 aromatic rings. The summed E-state index contributed by atoms with van der Waals surface area (Å²) in [5.41, 5.74) is 0.904. The Balaban J connectivity index is 2.21. The van der Waals surface area contributed by atoms with Gasteiger partial charge in [-0.05, 0) is 5.56 Å². The van der Waals surface area contributed by atoms with E-state index in [0.29, 0.717) is 19.5 Å². The van der Waals surface area contributed by atoms with Crippen LogP contribution >= 0.6 is 0 Å². The summed E-state index contributed by atoms with van der Waals surface area (Å²) in [6.07, 6.45) is 0.326. The second-order valence-corrected chi connectivity index (χ2v) is 4.48. The zero-order valence-electron chi connectivity index (χ0n) is 11.2. The van der Waals surface area contributed by atoms with E-state index in [4.69, 9.17) is 4.74 Å². The number of ether oxygens (including phenoxy) is 1. The van der Waals surface area contributed by atoms with E-state index in [1.165, 1.54) is 12.0 Å². The number of methoxy groups -OCH3 is 1. The molecule has 1 fully saturated rings. The van der Waals surface area contributed by atoms with Crippen LogP contribution in [0.1, 0.15) is 5.56 Å². The van der Waals surface area contributed by atoms with Gasteiger partial charge in [-0.2, -0.15) is 0 Å². The Labute approximate surface area is 116 Å².